The minimum atomic E-state index is 0.0787. The van der Waals surface area contributed by atoms with Crippen LogP contribution in [0.5, 0.6) is 0 Å². The number of hydrogen-bond acceptors (Lipinski definition) is 3. The van der Waals surface area contributed by atoms with Gasteiger partial charge in [0.05, 0.1) is 4.88 Å². The first-order valence-electron chi connectivity index (χ1n) is 5.03. The van der Waals surface area contributed by atoms with Crippen LogP contribution in [0.15, 0.2) is 11.4 Å². The number of nitrogens with zero attached hydrogens (tertiary/aromatic N) is 1. The summed E-state index contributed by atoms with van der Waals surface area (Å²) in [5, 5.41) is 1.93. The highest BCUT2D eigenvalue weighted by atomic mass is 32.1. The van der Waals surface area contributed by atoms with E-state index >= 15 is 0 Å². The second kappa shape index (κ2) is 4.14. The summed E-state index contributed by atoms with van der Waals surface area (Å²) < 4.78 is 0. The van der Waals surface area contributed by atoms with Crippen molar-refractivity contribution in [3.05, 3.63) is 21.9 Å². The van der Waals surface area contributed by atoms with Gasteiger partial charge in [0.25, 0.3) is 5.91 Å². The summed E-state index contributed by atoms with van der Waals surface area (Å²) >= 11 is 1.48. The van der Waals surface area contributed by atoms with Gasteiger partial charge in [-0.3, -0.25) is 9.59 Å². The van der Waals surface area contributed by atoms with Gasteiger partial charge in [-0.1, -0.05) is 0 Å². The van der Waals surface area contributed by atoms with Crippen molar-refractivity contribution in [3.63, 3.8) is 0 Å². The molecule has 1 aliphatic heterocycles. The molecule has 3 nitrogen and oxygen atoms in total. The molecule has 1 saturated heterocycles. The first kappa shape index (κ1) is 10.4. The van der Waals surface area contributed by atoms with Crippen LogP contribution >= 0.6 is 11.3 Å². The molecule has 2 heterocycles. The van der Waals surface area contributed by atoms with Crippen LogP contribution in [0, 0.1) is 6.92 Å². The number of rotatable bonds is 1. The first-order chi connectivity index (χ1) is 7.18. The molecule has 0 spiro atoms. The maximum absolute atomic E-state index is 12.0. The van der Waals surface area contributed by atoms with Crippen LogP contribution in [0.1, 0.15) is 28.1 Å². The standard InChI is InChI=1S/C11H13NO2S/c1-8-4-7-15-10(8)11(14)12-5-2-9(13)3-6-12/h4,7H,2-3,5-6H2,1H3. The van der Waals surface area contributed by atoms with E-state index in [2.05, 4.69) is 0 Å². The van der Waals surface area contributed by atoms with Gasteiger partial charge in [-0.2, -0.15) is 0 Å². The maximum atomic E-state index is 12.0. The third-order valence-electron chi connectivity index (χ3n) is 2.66. The van der Waals surface area contributed by atoms with E-state index in [1.54, 1.807) is 4.90 Å². The predicted molar refractivity (Wildman–Crippen MR) is 59.2 cm³/mol. The Hall–Kier alpha value is -1.16. The van der Waals surface area contributed by atoms with Gasteiger partial charge >= 0.3 is 0 Å². The Bertz CT molecular complexity index is 387. The van der Waals surface area contributed by atoms with Crippen molar-refractivity contribution < 1.29 is 9.59 Å². The molecule has 4 heteroatoms. The number of thiophene rings is 1. The lowest BCUT2D eigenvalue weighted by molar-refractivity contribution is -0.120. The molecule has 15 heavy (non-hydrogen) atoms. The smallest absolute Gasteiger partial charge is 0.264 e. The first-order valence-corrected chi connectivity index (χ1v) is 5.91. The Kier molecular flexibility index (Phi) is 2.86. The molecule has 0 saturated carbocycles. The van der Waals surface area contributed by atoms with E-state index in [-0.39, 0.29) is 11.7 Å². The van der Waals surface area contributed by atoms with Crippen LogP contribution in [-0.2, 0) is 4.79 Å². The number of ketones is 1. The molecule has 80 valence electrons. The average molecular weight is 223 g/mol. The van der Waals surface area contributed by atoms with E-state index in [9.17, 15) is 9.59 Å². The third-order valence-corrected chi connectivity index (χ3v) is 3.67. The molecule has 0 aliphatic carbocycles. The van der Waals surface area contributed by atoms with Crippen molar-refractivity contribution in [2.45, 2.75) is 19.8 Å². The molecule has 1 fully saturated rings. The lowest BCUT2D eigenvalue weighted by atomic mass is 10.1. The molecule has 0 atom stereocenters. The molecule has 0 aromatic carbocycles. The van der Waals surface area contributed by atoms with Crippen LogP contribution in [-0.4, -0.2) is 29.7 Å². The van der Waals surface area contributed by atoms with Crippen molar-refractivity contribution in [2.24, 2.45) is 0 Å². The summed E-state index contributed by atoms with van der Waals surface area (Å²) in [4.78, 5) is 25.7. The van der Waals surface area contributed by atoms with Crippen molar-refractivity contribution in [2.75, 3.05) is 13.1 Å². The van der Waals surface area contributed by atoms with Gasteiger partial charge in [0, 0.05) is 25.9 Å². The summed E-state index contributed by atoms with van der Waals surface area (Å²) in [6.07, 6.45) is 1.02. The van der Waals surface area contributed by atoms with E-state index in [0.29, 0.717) is 25.9 Å². The molecular formula is C11H13NO2S. The minimum Gasteiger partial charge on any atom is -0.337 e. The number of carbonyl (C=O) groups excluding carboxylic acids is 2. The second-order valence-electron chi connectivity index (χ2n) is 3.76. The van der Waals surface area contributed by atoms with Crippen molar-refractivity contribution in [1.82, 2.24) is 4.90 Å². The zero-order valence-corrected chi connectivity index (χ0v) is 9.47. The minimum absolute atomic E-state index is 0.0787. The van der Waals surface area contributed by atoms with Gasteiger partial charge in [-0.15, -0.1) is 11.3 Å². The lowest BCUT2D eigenvalue weighted by Crippen LogP contribution is -2.38. The fourth-order valence-electron chi connectivity index (χ4n) is 1.69. The Morgan fingerprint density at radius 1 is 1.40 bits per heavy atom. The molecule has 0 N–H and O–H groups in total. The Balaban J connectivity index is 2.09. The van der Waals surface area contributed by atoms with Crippen molar-refractivity contribution >= 4 is 23.0 Å². The van der Waals surface area contributed by atoms with Crippen LogP contribution < -0.4 is 0 Å². The quantitative estimate of drug-likeness (QED) is 0.728. The highest BCUT2D eigenvalue weighted by molar-refractivity contribution is 7.12. The van der Waals surface area contributed by atoms with Crippen LogP contribution in [0.2, 0.25) is 0 Å². The third kappa shape index (κ3) is 2.09. The Labute approximate surface area is 92.7 Å². The highest BCUT2D eigenvalue weighted by Gasteiger charge is 2.23. The lowest BCUT2D eigenvalue weighted by Gasteiger charge is -2.25. The summed E-state index contributed by atoms with van der Waals surface area (Å²) in [6, 6.07) is 1.95. The number of piperidine rings is 1. The summed E-state index contributed by atoms with van der Waals surface area (Å²) in [5.74, 6) is 0.344. The van der Waals surface area contributed by atoms with Crippen molar-refractivity contribution in [1.29, 1.82) is 0 Å². The topological polar surface area (TPSA) is 37.4 Å². The number of carbonyl (C=O) groups is 2. The van der Waals surface area contributed by atoms with Gasteiger partial charge in [0.1, 0.15) is 5.78 Å². The fourth-order valence-corrected chi connectivity index (χ4v) is 2.59. The molecule has 0 unspecified atom stereocenters. The van der Waals surface area contributed by atoms with Gasteiger partial charge in [0.15, 0.2) is 0 Å². The van der Waals surface area contributed by atoms with Crippen LogP contribution in [0.25, 0.3) is 0 Å². The molecular weight excluding hydrogens is 210 g/mol. The van der Waals surface area contributed by atoms with Gasteiger partial charge in [-0.25, -0.2) is 0 Å². The Morgan fingerprint density at radius 3 is 2.60 bits per heavy atom. The largest absolute Gasteiger partial charge is 0.337 e. The highest BCUT2D eigenvalue weighted by Crippen LogP contribution is 2.19. The number of amides is 1. The monoisotopic (exact) mass is 223 g/mol. The maximum Gasteiger partial charge on any atom is 0.264 e. The van der Waals surface area contributed by atoms with Crippen LogP contribution in [0.3, 0.4) is 0 Å². The zero-order chi connectivity index (χ0) is 10.8. The van der Waals surface area contributed by atoms with Crippen LogP contribution in [0.4, 0.5) is 0 Å². The molecule has 1 amide bonds. The van der Waals surface area contributed by atoms with E-state index in [1.807, 2.05) is 18.4 Å². The van der Waals surface area contributed by atoms with E-state index in [4.69, 9.17) is 0 Å². The fraction of sp³-hybridized carbons (Fsp3) is 0.455. The Morgan fingerprint density at radius 2 is 2.07 bits per heavy atom. The predicted octanol–water partition coefficient (Wildman–Crippen LogP) is 1.86. The number of hydrogen-bond donors (Lipinski definition) is 0. The summed E-state index contributed by atoms with van der Waals surface area (Å²) in [5.41, 5.74) is 1.03. The molecule has 1 aliphatic rings. The van der Waals surface area contributed by atoms with E-state index in [0.717, 1.165) is 10.4 Å². The number of aryl methyl sites for hydroxylation is 1. The molecule has 0 bridgehead atoms. The average Bonchev–Trinajstić information content (AvgIpc) is 2.65. The summed E-state index contributed by atoms with van der Waals surface area (Å²) in [7, 11) is 0. The number of likely N-dealkylation sites (tertiary alicyclic amines) is 1. The van der Waals surface area contributed by atoms with E-state index < -0.39 is 0 Å². The number of Topliss-reactive ketones (excluding diaryl/α,β-unsaturated/α-hetero) is 1. The summed E-state index contributed by atoms with van der Waals surface area (Å²) in [6.45, 7) is 3.10. The van der Waals surface area contributed by atoms with Gasteiger partial charge < -0.3 is 4.90 Å². The SMILES string of the molecule is Cc1ccsc1C(=O)N1CCC(=O)CC1. The van der Waals surface area contributed by atoms with E-state index in [1.165, 1.54) is 11.3 Å². The molecule has 1 aromatic heterocycles. The normalized spacial score (nSPS) is 16.9. The van der Waals surface area contributed by atoms with Crippen molar-refractivity contribution in [3.8, 4) is 0 Å². The molecule has 1 aromatic rings. The second-order valence-corrected chi connectivity index (χ2v) is 4.68. The zero-order valence-electron chi connectivity index (χ0n) is 8.66. The molecule has 0 radical (unpaired) electrons. The molecule has 2 rings (SSSR count). The van der Waals surface area contributed by atoms with Gasteiger partial charge in [-0.05, 0) is 23.9 Å². The van der Waals surface area contributed by atoms with Gasteiger partial charge in [0.2, 0.25) is 0 Å².